The minimum atomic E-state index is -0.190. The van der Waals surface area contributed by atoms with Crippen LogP contribution in [0.5, 0.6) is 0 Å². The average molecular weight is 277 g/mol. The molecule has 0 aromatic heterocycles. The SMILES string of the molecule is COC(=O)CC(C)(C)CC(N)c1ccc2c(c1)COC2. The van der Waals surface area contributed by atoms with Crippen LogP contribution >= 0.6 is 0 Å². The molecule has 0 amide bonds. The maximum Gasteiger partial charge on any atom is 0.306 e. The van der Waals surface area contributed by atoms with Crippen molar-refractivity contribution in [2.24, 2.45) is 11.1 Å². The first kappa shape index (κ1) is 15.0. The van der Waals surface area contributed by atoms with Gasteiger partial charge in [-0.25, -0.2) is 0 Å². The monoisotopic (exact) mass is 277 g/mol. The second-order valence-electron chi connectivity index (χ2n) is 6.25. The van der Waals surface area contributed by atoms with Gasteiger partial charge in [0, 0.05) is 6.04 Å². The van der Waals surface area contributed by atoms with E-state index in [-0.39, 0.29) is 17.4 Å². The molecule has 1 heterocycles. The number of hydrogen-bond acceptors (Lipinski definition) is 4. The van der Waals surface area contributed by atoms with Crippen molar-refractivity contribution < 1.29 is 14.3 Å². The molecule has 1 aromatic carbocycles. The number of esters is 1. The van der Waals surface area contributed by atoms with Crippen LogP contribution in [0.15, 0.2) is 18.2 Å². The number of benzene rings is 1. The third-order valence-electron chi connectivity index (χ3n) is 3.80. The van der Waals surface area contributed by atoms with E-state index in [2.05, 4.69) is 18.2 Å². The van der Waals surface area contributed by atoms with Gasteiger partial charge in [0.2, 0.25) is 0 Å². The number of methoxy groups -OCH3 is 1. The van der Waals surface area contributed by atoms with E-state index in [0.29, 0.717) is 19.6 Å². The Bertz CT molecular complexity index is 496. The van der Waals surface area contributed by atoms with Crippen molar-refractivity contribution in [1.29, 1.82) is 0 Å². The van der Waals surface area contributed by atoms with Crippen LogP contribution in [0.1, 0.15) is 49.4 Å². The molecule has 0 spiro atoms. The van der Waals surface area contributed by atoms with E-state index in [1.165, 1.54) is 18.2 Å². The fourth-order valence-corrected chi connectivity index (χ4v) is 2.67. The Kier molecular flexibility index (Phi) is 4.45. The summed E-state index contributed by atoms with van der Waals surface area (Å²) in [6, 6.07) is 6.19. The fourth-order valence-electron chi connectivity index (χ4n) is 2.67. The molecular weight excluding hydrogens is 254 g/mol. The first-order valence-electron chi connectivity index (χ1n) is 6.93. The molecule has 2 rings (SSSR count). The largest absolute Gasteiger partial charge is 0.469 e. The van der Waals surface area contributed by atoms with Crippen LogP contribution in [0.4, 0.5) is 0 Å². The summed E-state index contributed by atoms with van der Waals surface area (Å²) in [5.41, 5.74) is 9.70. The Morgan fingerprint density at radius 3 is 2.80 bits per heavy atom. The zero-order valence-electron chi connectivity index (χ0n) is 12.4. The first-order chi connectivity index (χ1) is 9.41. The number of hydrogen-bond donors (Lipinski definition) is 1. The van der Waals surface area contributed by atoms with E-state index in [0.717, 1.165) is 12.0 Å². The molecule has 0 fully saturated rings. The van der Waals surface area contributed by atoms with Gasteiger partial charge < -0.3 is 15.2 Å². The molecule has 1 unspecified atom stereocenters. The van der Waals surface area contributed by atoms with Crippen molar-refractivity contribution in [2.75, 3.05) is 7.11 Å². The predicted molar refractivity (Wildman–Crippen MR) is 76.9 cm³/mol. The number of carbonyl (C=O) groups is 1. The van der Waals surface area contributed by atoms with Crippen LogP contribution in [0.3, 0.4) is 0 Å². The Morgan fingerprint density at radius 1 is 1.40 bits per heavy atom. The van der Waals surface area contributed by atoms with Crippen molar-refractivity contribution in [1.82, 2.24) is 0 Å². The van der Waals surface area contributed by atoms with E-state index in [4.69, 9.17) is 15.2 Å². The highest BCUT2D eigenvalue weighted by molar-refractivity contribution is 5.69. The van der Waals surface area contributed by atoms with Gasteiger partial charge in [0.25, 0.3) is 0 Å². The summed E-state index contributed by atoms with van der Waals surface area (Å²) in [7, 11) is 1.42. The third-order valence-corrected chi connectivity index (χ3v) is 3.80. The van der Waals surface area contributed by atoms with Gasteiger partial charge in [-0.1, -0.05) is 32.0 Å². The number of ether oxygens (including phenoxy) is 2. The van der Waals surface area contributed by atoms with Crippen LogP contribution in [-0.4, -0.2) is 13.1 Å². The predicted octanol–water partition coefficient (Wildman–Crippen LogP) is 2.70. The third kappa shape index (κ3) is 3.58. The molecule has 1 atom stereocenters. The minimum Gasteiger partial charge on any atom is -0.469 e. The van der Waals surface area contributed by atoms with E-state index in [1.54, 1.807) is 0 Å². The highest BCUT2D eigenvalue weighted by Gasteiger charge is 2.26. The standard InChI is InChI=1S/C16H23NO3/c1-16(2,8-15(18)19-3)7-14(17)11-4-5-12-9-20-10-13(12)6-11/h4-6,14H,7-10,17H2,1-3H3. The second kappa shape index (κ2) is 5.94. The smallest absolute Gasteiger partial charge is 0.306 e. The van der Waals surface area contributed by atoms with Crippen LogP contribution in [0, 0.1) is 5.41 Å². The van der Waals surface area contributed by atoms with E-state index < -0.39 is 0 Å². The van der Waals surface area contributed by atoms with Crippen LogP contribution in [0.25, 0.3) is 0 Å². The van der Waals surface area contributed by atoms with E-state index >= 15 is 0 Å². The van der Waals surface area contributed by atoms with Gasteiger partial charge in [-0.05, 0) is 28.5 Å². The highest BCUT2D eigenvalue weighted by Crippen LogP contribution is 2.33. The molecule has 1 aliphatic rings. The lowest BCUT2D eigenvalue weighted by molar-refractivity contribution is -0.143. The van der Waals surface area contributed by atoms with Gasteiger partial charge in [-0.3, -0.25) is 4.79 Å². The average Bonchev–Trinajstić information content (AvgIpc) is 2.84. The molecule has 4 heteroatoms. The Morgan fingerprint density at radius 2 is 2.10 bits per heavy atom. The maximum atomic E-state index is 11.4. The van der Waals surface area contributed by atoms with Crippen molar-refractivity contribution in [3.05, 3.63) is 34.9 Å². The lowest BCUT2D eigenvalue weighted by Crippen LogP contribution is -2.24. The Labute approximate surface area is 120 Å². The summed E-state index contributed by atoms with van der Waals surface area (Å²) in [5, 5.41) is 0. The minimum absolute atomic E-state index is 0.0828. The Balaban J connectivity index is 2.04. The summed E-state index contributed by atoms with van der Waals surface area (Å²) in [4.78, 5) is 11.4. The summed E-state index contributed by atoms with van der Waals surface area (Å²) < 4.78 is 10.2. The molecule has 1 aliphatic heterocycles. The molecule has 20 heavy (non-hydrogen) atoms. The van der Waals surface area contributed by atoms with Crippen molar-refractivity contribution in [3.63, 3.8) is 0 Å². The molecule has 1 aromatic rings. The van der Waals surface area contributed by atoms with Gasteiger partial charge in [0.05, 0.1) is 26.7 Å². The van der Waals surface area contributed by atoms with Crippen molar-refractivity contribution in [2.45, 2.75) is 45.9 Å². The van der Waals surface area contributed by atoms with Gasteiger partial charge >= 0.3 is 5.97 Å². The number of nitrogens with two attached hydrogens (primary N) is 1. The molecule has 0 aliphatic carbocycles. The molecule has 0 bridgehead atoms. The molecule has 0 radical (unpaired) electrons. The lowest BCUT2D eigenvalue weighted by atomic mass is 9.81. The molecule has 2 N–H and O–H groups in total. The number of carbonyl (C=O) groups excluding carboxylic acids is 1. The fraction of sp³-hybridized carbons (Fsp3) is 0.562. The maximum absolute atomic E-state index is 11.4. The summed E-state index contributed by atoms with van der Waals surface area (Å²) in [6.07, 6.45) is 1.12. The van der Waals surface area contributed by atoms with E-state index in [9.17, 15) is 4.79 Å². The normalized spacial score (nSPS) is 15.8. The van der Waals surface area contributed by atoms with Crippen molar-refractivity contribution in [3.8, 4) is 0 Å². The summed E-state index contributed by atoms with van der Waals surface area (Å²) >= 11 is 0. The van der Waals surface area contributed by atoms with E-state index in [1.807, 2.05) is 13.8 Å². The highest BCUT2D eigenvalue weighted by atomic mass is 16.5. The van der Waals surface area contributed by atoms with Gasteiger partial charge in [-0.15, -0.1) is 0 Å². The van der Waals surface area contributed by atoms with Gasteiger partial charge in [0.1, 0.15) is 0 Å². The molecular formula is C16H23NO3. The summed E-state index contributed by atoms with van der Waals surface area (Å²) in [5.74, 6) is -0.190. The van der Waals surface area contributed by atoms with Gasteiger partial charge in [0.15, 0.2) is 0 Å². The molecule has 110 valence electrons. The lowest BCUT2D eigenvalue weighted by Gasteiger charge is -2.27. The second-order valence-corrected chi connectivity index (χ2v) is 6.25. The molecule has 0 saturated carbocycles. The van der Waals surface area contributed by atoms with Crippen LogP contribution in [-0.2, 0) is 27.5 Å². The topological polar surface area (TPSA) is 61.5 Å². The summed E-state index contributed by atoms with van der Waals surface area (Å²) in [6.45, 7) is 5.45. The zero-order valence-corrected chi connectivity index (χ0v) is 12.4. The van der Waals surface area contributed by atoms with Gasteiger partial charge in [-0.2, -0.15) is 0 Å². The molecule has 4 nitrogen and oxygen atoms in total. The Hall–Kier alpha value is -1.39. The van der Waals surface area contributed by atoms with Crippen LogP contribution in [0.2, 0.25) is 0 Å². The zero-order chi connectivity index (χ0) is 14.8. The quantitative estimate of drug-likeness (QED) is 0.841. The van der Waals surface area contributed by atoms with Crippen molar-refractivity contribution >= 4 is 5.97 Å². The van der Waals surface area contributed by atoms with Crippen LogP contribution < -0.4 is 5.73 Å². The molecule has 0 saturated heterocycles. The number of rotatable bonds is 5. The first-order valence-corrected chi connectivity index (χ1v) is 6.93. The number of fused-ring (bicyclic) bond motifs is 1.